The molecule has 0 aliphatic heterocycles. The van der Waals surface area contributed by atoms with E-state index in [0.717, 1.165) is 15.6 Å². The van der Waals surface area contributed by atoms with Crippen molar-refractivity contribution in [2.24, 2.45) is 7.05 Å². The Bertz CT molecular complexity index is 1320. The average Bonchev–Trinajstić information content (AvgIpc) is 3.05. The highest BCUT2D eigenvalue weighted by Crippen LogP contribution is 2.23. The van der Waals surface area contributed by atoms with E-state index in [1.165, 1.54) is 9.13 Å². The zero-order valence-electron chi connectivity index (χ0n) is 15.8. The Morgan fingerprint density at radius 1 is 1.00 bits per heavy atom. The van der Waals surface area contributed by atoms with Crippen LogP contribution in [-0.4, -0.2) is 18.7 Å². The minimum Gasteiger partial charge on any atom is -0.308 e. The summed E-state index contributed by atoms with van der Waals surface area (Å²) < 4.78 is 5.96. The van der Waals surface area contributed by atoms with Crippen LogP contribution in [0.3, 0.4) is 0 Å². The lowest BCUT2D eigenvalue weighted by Crippen LogP contribution is -2.41. The summed E-state index contributed by atoms with van der Waals surface area (Å²) in [6.45, 7) is 2.29. The highest BCUT2D eigenvalue weighted by Gasteiger charge is 2.22. The molecule has 0 saturated heterocycles. The van der Waals surface area contributed by atoms with E-state index < -0.39 is 11.7 Å². The maximum atomic E-state index is 13.5. The molecule has 0 aliphatic rings. The SMILES string of the molecule is CC(c1ccccc1)n1c(=O)c2c(nc(Br)n2Cc2ccccc2Br)n(C)c1=O. The van der Waals surface area contributed by atoms with Crippen LogP contribution >= 0.6 is 31.9 Å². The van der Waals surface area contributed by atoms with Crippen LogP contribution in [0.25, 0.3) is 11.2 Å². The van der Waals surface area contributed by atoms with Crippen LogP contribution in [0.4, 0.5) is 0 Å². The lowest BCUT2D eigenvalue weighted by atomic mass is 10.1. The molecule has 4 rings (SSSR count). The fraction of sp³-hybridized carbons (Fsp3) is 0.190. The van der Waals surface area contributed by atoms with Crippen molar-refractivity contribution >= 4 is 43.0 Å². The van der Waals surface area contributed by atoms with Gasteiger partial charge in [-0.3, -0.25) is 13.9 Å². The first-order chi connectivity index (χ1) is 13.9. The van der Waals surface area contributed by atoms with Gasteiger partial charge in [0.2, 0.25) is 0 Å². The van der Waals surface area contributed by atoms with Gasteiger partial charge in [-0.15, -0.1) is 0 Å². The molecule has 0 amide bonds. The topological polar surface area (TPSA) is 61.8 Å². The third-order valence-electron chi connectivity index (χ3n) is 5.09. The minimum absolute atomic E-state index is 0.357. The normalized spacial score (nSPS) is 12.4. The summed E-state index contributed by atoms with van der Waals surface area (Å²) in [5.74, 6) is 0. The Hall–Kier alpha value is -2.45. The molecule has 2 heterocycles. The third-order valence-corrected chi connectivity index (χ3v) is 6.47. The molecule has 0 N–H and O–H groups in total. The molecule has 2 aromatic carbocycles. The minimum atomic E-state index is -0.405. The molecule has 8 heteroatoms. The summed E-state index contributed by atoms with van der Waals surface area (Å²) in [5, 5.41) is 0. The Labute approximate surface area is 183 Å². The first-order valence-corrected chi connectivity index (χ1v) is 10.6. The number of hydrogen-bond acceptors (Lipinski definition) is 3. The molecule has 0 bridgehead atoms. The molecule has 1 unspecified atom stereocenters. The molecular weight excluding hydrogens is 500 g/mol. The van der Waals surface area contributed by atoms with Crippen LogP contribution in [-0.2, 0) is 13.6 Å². The van der Waals surface area contributed by atoms with Gasteiger partial charge in [-0.05, 0) is 40.0 Å². The quantitative estimate of drug-likeness (QED) is 0.383. The Morgan fingerprint density at radius 2 is 1.66 bits per heavy atom. The molecule has 6 nitrogen and oxygen atoms in total. The number of aryl methyl sites for hydroxylation is 1. The lowest BCUT2D eigenvalue weighted by molar-refractivity contribution is 0.557. The molecular formula is C21H18Br2N4O2. The summed E-state index contributed by atoms with van der Waals surface area (Å²) in [6, 6.07) is 16.9. The number of hydrogen-bond donors (Lipinski definition) is 0. The van der Waals surface area contributed by atoms with Crippen molar-refractivity contribution in [1.82, 2.24) is 18.7 Å². The molecule has 29 heavy (non-hydrogen) atoms. The largest absolute Gasteiger partial charge is 0.333 e. The van der Waals surface area contributed by atoms with E-state index in [2.05, 4.69) is 36.8 Å². The van der Waals surface area contributed by atoms with Gasteiger partial charge in [-0.1, -0.05) is 64.5 Å². The molecule has 0 radical (unpaired) electrons. The second kappa shape index (κ2) is 7.76. The predicted octanol–water partition coefficient (Wildman–Crippen LogP) is 4.08. The van der Waals surface area contributed by atoms with Crippen molar-refractivity contribution in [3.8, 4) is 0 Å². The van der Waals surface area contributed by atoms with Gasteiger partial charge in [-0.25, -0.2) is 9.78 Å². The van der Waals surface area contributed by atoms with Crippen LogP contribution in [0.15, 0.2) is 73.4 Å². The van der Waals surface area contributed by atoms with E-state index >= 15 is 0 Å². The second-order valence-electron chi connectivity index (χ2n) is 6.83. The predicted molar refractivity (Wildman–Crippen MR) is 120 cm³/mol. The molecule has 1 atom stereocenters. The van der Waals surface area contributed by atoms with Crippen LogP contribution in [0, 0.1) is 0 Å². The summed E-state index contributed by atoms with van der Waals surface area (Å²) in [5.41, 5.74) is 1.89. The molecule has 2 aromatic heterocycles. The van der Waals surface area contributed by atoms with Gasteiger partial charge in [-0.2, -0.15) is 0 Å². The number of imidazole rings is 1. The van der Waals surface area contributed by atoms with Gasteiger partial charge in [0, 0.05) is 11.5 Å². The molecule has 0 saturated carbocycles. The summed E-state index contributed by atoms with van der Waals surface area (Å²) in [7, 11) is 1.64. The van der Waals surface area contributed by atoms with Crippen LogP contribution in [0.5, 0.6) is 0 Å². The van der Waals surface area contributed by atoms with Crippen molar-refractivity contribution in [2.75, 3.05) is 0 Å². The van der Waals surface area contributed by atoms with Gasteiger partial charge >= 0.3 is 5.69 Å². The number of nitrogens with zero attached hydrogens (tertiary/aromatic N) is 4. The molecule has 0 fully saturated rings. The molecule has 0 aliphatic carbocycles. The van der Waals surface area contributed by atoms with Crippen LogP contribution < -0.4 is 11.2 Å². The standard InChI is InChI=1S/C21H18Br2N4O2/c1-13(14-8-4-3-5-9-14)27-19(28)17-18(25(2)21(27)29)24-20(23)26(17)12-15-10-6-7-11-16(15)22/h3-11,13H,12H2,1-2H3. The molecule has 148 valence electrons. The average molecular weight is 518 g/mol. The summed E-state index contributed by atoms with van der Waals surface area (Å²) >= 11 is 7.02. The fourth-order valence-electron chi connectivity index (χ4n) is 3.48. The Kier molecular flexibility index (Phi) is 5.31. The fourth-order valence-corrected chi connectivity index (χ4v) is 4.36. The van der Waals surface area contributed by atoms with E-state index in [1.807, 2.05) is 61.5 Å². The third kappa shape index (κ3) is 3.40. The number of halogens is 2. The van der Waals surface area contributed by atoms with Crippen molar-refractivity contribution in [2.45, 2.75) is 19.5 Å². The van der Waals surface area contributed by atoms with E-state index in [1.54, 1.807) is 11.6 Å². The van der Waals surface area contributed by atoms with E-state index in [0.29, 0.717) is 22.4 Å². The number of aromatic nitrogens is 4. The Balaban J connectivity index is 1.97. The van der Waals surface area contributed by atoms with Gasteiger partial charge in [0.15, 0.2) is 15.9 Å². The van der Waals surface area contributed by atoms with Crippen LogP contribution in [0.1, 0.15) is 24.1 Å². The number of rotatable bonds is 4. The zero-order valence-corrected chi connectivity index (χ0v) is 19.0. The Morgan fingerprint density at radius 3 is 2.34 bits per heavy atom. The molecule has 4 aromatic rings. The van der Waals surface area contributed by atoms with Gasteiger partial charge in [0.25, 0.3) is 5.56 Å². The van der Waals surface area contributed by atoms with Gasteiger partial charge in [0.1, 0.15) is 0 Å². The smallest absolute Gasteiger partial charge is 0.308 e. The first-order valence-electron chi connectivity index (χ1n) is 9.05. The monoisotopic (exact) mass is 516 g/mol. The highest BCUT2D eigenvalue weighted by molar-refractivity contribution is 9.10. The number of benzene rings is 2. The summed E-state index contributed by atoms with van der Waals surface area (Å²) in [4.78, 5) is 30.9. The van der Waals surface area contributed by atoms with Gasteiger partial charge in [0.05, 0.1) is 12.6 Å². The first kappa shape index (κ1) is 19.8. The highest BCUT2D eigenvalue weighted by atomic mass is 79.9. The summed E-state index contributed by atoms with van der Waals surface area (Å²) in [6.07, 6.45) is 0. The van der Waals surface area contributed by atoms with Gasteiger partial charge < -0.3 is 4.57 Å². The second-order valence-corrected chi connectivity index (χ2v) is 8.40. The van der Waals surface area contributed by atoms with Crippen molar-refractivity contribution in [1.29, 1.82) is 0 Å². The maximum absolute atomic E-state index is 13.5. The molecule has 0 spiro atoms. The lowest BCUT2D eigenvalue weighted by Gasteiger charge is -2.16. The van der Waals surface area contributed by atoms with E-state index in [9.17, 15) is 9.59 Å². The van der Waals surface area contributed by atoms with E-state index in [-0.39, 0.29) is 5.56 Å². The van der Waals surface area contributed by atoms with Crippen molar-refractivity contribution in [3.63, 3.8) is 0 Å². The number of fused-ring (bicyclic) bond motifs is 1. The van der Waals surface area contributed by atoms with Crippen molar-refractivity contribution < 1.29 is 0 Å². The van der Waals surface area contributed by atoms with Crippen molar-refractivity contribution in [3.05, 3.63) is 95.8 Å². The van der Waals surface area contributed by atoms with Crippen LogP contribution in [0.2, 0.25) is 0 Å². The maximum Gasteiger partial charge on any atom is 0.333 e. The zero-order chi connectivity index (χ0) is 20.7. The van der Waals surface area contributed by atoms with E-state index in [4.69, 9.17) is 0 Å².